The van der Waals surface area contributed by atoms with Crippen LogP contribution in [0.2, 0.25) is 0 Å². The summed E-state index contributed by atoms with van der Waals surface area (Å²) in [5.41, 5.74) is 1.05. The Bertz CT molecular complexity index is 325. The number of anilines is 1. The second-order valence-electron chi connectivity index (χ2n) is 4.31. The smallest absolute Gasteiger partial charge is 0.128 e. The monoisotopic (exact) mass is 270 g/mol. The first-order valence-electron chi connectivity index (χ1n) is 6.53. The fraction of sp³-hybridized carbons (Fsp3) is 0.643. The van der Waals surface area contributed by atoms with Crippen LogP contribution in [0, 0.1) is 0 Å². The molecule has 4 heteroatoms. The largest absolute Gasteiger partial charge is 0.383 e. The van der Waals surface area contributed by atoms with Crippen molar-refractivity contribution in [1.82, 2.24) is 4.98 Å². The van der Waals surface area contributed by atoms with Crippen LogP contribution >= 0.6 is 11.6 Å². The van der Waals surface area contributed by atoms with Crippen LogP contribution in [-0.2, 0) is 10.6 Å². The standard InChI is InChI=1S/C14H23ClN2O/c1-4-13(5-2)17(8-9-18-3)14-7-6-12(10-15)11-16-14/h6-7,11,13H,4-5,8-10H2,1-3H3. The highest BCUT2D eigenvalue weighted by Gasteiger charge is 2.16. The third-order valence-corrected chi connectivity index (χ3v) is 3.49. The number of halogens is 1. The minimum absolute atomic E-state index is 0.509. The van der Waals surface area contributed by atoms with Gasteiger partial charge in [-0.25, -0.2) is 4.98 Å². The van der Waals surface area contributed by atoms with Crippen molar-refractivity contribution in [2.75, 3.05) is 25.2 Å². The van der Waals surface area contributed by atoms with Crippen LogP contribution in [0.3, 0.4) is 0 Å². The van der Waals surface area contributed by atoms with Gasteiger partial charge in [-0.1, -0.05) is 19.9 Å². The molecule has 102 valence electrons. The fourth-order valence-corrected chi connectivity index (χ4v) is 2.23. The topological polar surface area (TPSA) is 25.4 Å². The van der Waals surface area contributed by atoms with Crippen molar-refractivity contribution >= 4 is 17.4 Å². The maximum atomic E-state index is 5.79. The Morgan fingerprint density at radius 1 is 1.33 bits per heavy atom. The first kappa shape index (κ1) is 15.3. The highest BCUT2D eigenvalue weighted by molar-refractivity contribution is 6.17. The number of methoxy groups -OCH3 is 1. The average molecular weight is 271 g/mol. The number of alkyl halides is 1. The van der Waals surface area contributed by atoms with Crippen molar-refractivity contribution < 1.29 is 4.74 Å². The Labute approximate surface area is 115 Å². The van der Waals surface area contributed by atoms with E-state index >= 15 is 0 Å². The summed E-state index contributed by atoms with van der Waals surface area (Å²) < 4.78 is 5.19. The summed E-state index contributed by atoms with van der Waals surface area (Å²) in [6, 6.07) is 4.60. The van der Waals surface area contributed by atoms with Crippen LogP contribution in [0.5, 0.6) is 0 Å². The molecule has 1 aromatic heterocycles. The quantitative estimate of drug-likeness (QED) is 0.677. The maximum Gasteiger partial charge on any atom is 0.128 e. The van der Waals surface area contributed by atoms with Crippen LogP contribution < -0.4 is 4.90 Å². The molecule has 0 amide bonds. The van der Waals surface area contributed by atoms with Crippen molar-refractivity contribution in [2.45, 2.75) is 38.6 Å². The van der Waals surface area contributed by atoms with E-state index in [4.69, 9.17) is 16.3 Å². The zero-order chi connectivity index (χ0) is 13.4. The first-order chi connectivity index (χ1) is 8.76. The van der Waals surface area contributed by atoms with Gasteiger partial charge in [0.1, 0.15) is 5.82 Å². The van der Waals surface area contributed by atoms with Crippen LogP contribution in [0.1, 0.15) is 32.3 Å². The van der Waals surface area contributed by atoms with Crippen molar-refractivity contribution in [3.8, 4) is 0 Å². The second-order valence-corrected chi connectivity index (χ2v) is 4.58. The number of rotatable bonds is 8. The lowest BCUT2D eigenvalue weighted by Crippen LogP contribution is -2.37. The first-order valence-corrected chi connectivity index (χ1v) is 7.06. The number of ether oxygens (including phenoxy) is 1. The molecule has 0 fully saturated rings. The molecule has 0 radical (unpaired) electrons. The van der Waals surface area contributed by atoms with E-state index in [1.165, 1.54) is 0 Å². The molecule has 0 atom stereocenters. The molecule has 18 heavy (non-hydrogen) atoms. The van der Waals surface area contributed by atoms with Crippen molar-refractivity contribution in [3.05, 3.63) is 23.9 Å². The molecule has 0 N–H and O–H groups in total. The van der Waals surface area contributed by atoms with E-state index in [0.29, 0.717) is 11.9 Å². The molecule has 0 aromatic carbocycles. The lowest BCUT2D eigenvalue weighted by Gasteiger charge is -2.31. The van der Waals surface area contributed by atoms with Gasteiger partial charge in [0.15, 0.2) is 0 Å². The van der Waals surface area contributed by atoms with E-state index in [1.807, 2.05) is 18.3 Å². The number of nitrogens with zero attached hydrogens (tertiary/aromatic N) is 2. The van der Waals surface area contributed by atoms with E-state index in [9.17, 15) is 0 Å². The molecule has 1 heterocycles. The van der Waals surface area contributed by atoms with Gasteiger partial charge in [0, 0.05) is 31.8 Å². The molecule has 0 aliphatic rings. The number of aromatic nitrogens is 1. The minimum atomic E-state index is 0.509. The van der Waals surface area contributed by atoms with Gasteiger partial charge in [-0.05, 0) is 24.5 Å². The summed E-state index contributed by atoms with van der Waals surface area (Å²) >= 11 is 5.79. The summed E-state index contributed by atoms with van der Waals surface area (Å²) in [6.45, 7) is 6.01. The fourth-order valence-electron chi connectivity index (χ4n) is 2.07. The minimum Gasteiger partial charge on any atom is -0.383 e. The lowest BCUT2D eigenvalue weighted by atomic mass is 10.1. The normalized spacial score (nSPS) is 10.9. The summed E-state index contributed by atoms with van der Waals surface area (Å²) in [7, 11) is 1.73. The molecule has 0 spiro atoms. The Balaban J connectivity index is 2.85. The lowest BCUT2D eigenvalue weighted by molar-refractivity contribution is 0.202. The zero-order valence-electron chi connectivity index (χ0n) is 11.5. The Morgan fingerprint density at radius 2 is 2.06 bits per heavy atom. The van der Waals surface area contributed by atoms with Gasteiger partial charge in [0.2, 0.25) is 0 Å². The molecular formula is C14H23ClN2O. The third-order valence-electron chi connectivity index (χ3n) is 3.18. The van der Waals surface area contributed by atoms with Gasteiger partial charge >= 0.3 is 0 Å². The molecule has 0 bridgehead atoms. The van der Waals surface area contributed by atoms with Crippen molar-refractivity contribution in [1.29, 1.82) is 0 Å². The second kappa shape index (κ2) is 8.33. The van der Waals surface area contributed by atoms with Crippen LogP contribution in [0.25, 0.3) is 0 Å². The van der Waals surface area contributed by atoms with Crippen LogP contribution in [0.4, 0.5) is 5.82 Å². The Morgan fingerprint density at radius 3 is 2.50 bits per heavy atom. The van der Waals surface area contributed by atoms with Gasteiger partial charge in [0.05, 0.1) is 6.61 Å². The van der Waals surface area contributed by atoms with Gasteiger partial charge in [0.25, 0.3) is 0 Å². The predicted molar refractivity (Wildman–Crippen MR) is 77.4 cm³/mol. The molecule has 0 saturated heterocycles. The van der Waals surface area contributed by atoms with Gasteiger partial charge in [-0.2, -0.15) is 0 Å². The molecular weight excluding hydrogens is 248 g/mol. The molecule has 3 nitrogen and oxygen atoms in total. The molecule has 1 rings (SSSR count). The number of hydrogen-bond acceptors (Lipinski definition) is 3. The number of pyridine rings is 1. The highest BCUT2D eigenvalue weighted by Crippen LogP contribution is 2.18. The van der Waals surface area contributed by atoms with Crippen molar-refractivity contribution in [3.63, 3.8) is 0 Å². The van der Waals surface area contributed by atoms with E-state index in [-0.39, 0.29) is 0 Å². The summed E-state index contributed by atoms with van der Waals surface area (Å²) in [4.78, 5) is 6.83. The molecule has 0 aliphatic carbocycles. The molecule has 0 unspecified atom stereocenters. The Hall–Kier alpha value is -0.800. The highest BCUT2D eigenvalue weighted by atomic mass is 35.5. The zero-order valence-corrected chi connectivity index (χ0v) is 12.3. The third kappa shape index (κ3) is 4.14. The number of hydrogen-bond donors (Lipinski definition) is 0. The van der Waals surface area contributed by atoms with E-state index < -0.39 is 0 Å². The van der Waals surface area contributed by atoms with Crippen LogP contribution in [0.15, 0.2) is 18.3 Å². The van der Waals surface area contributed by atoms with Gasteiger partial charge < -0.3 is 9.64 Å². The molecule has 1 aromatic rings. The average Bonchev–Trinajstić information content (AvgIpc) is 2.43. The van der Waals surface area contributed by atoms with E-state index in [0.717, 1.165) is 37.4 Å². The maximum absolute atomic E-state index is 5.79. The summed E-state index contributed by atoms with van der Waals surface area (Å²) in [5, 5.41) is 0. The SMILES string of the molecule is CCC(CC)N(CCOC)c1ccc(CCl)cn1. The molecule has 0 aliphatic heterocycles. The van der Waals surface area contributed by atoms with Crippen LogP contribution in [-0.4, -0.2) is 31.3 Å². The molecule has 0 saturated carbocycles. The summed E-state index contributed by atoms with van der Waals surface area (Å²) in [5.74, 6) is 1.52. The van der Waals surface area contributed by atoms with E-state index in [2.05, 4.69) is 23.7 Å². The van der Waals surface area contributed by atoms with E-state index in [1.54, 1.807) is 7.11 Å². The van der Waals surface area contributed by atoms with Crippen molar-refractivity contribution in [2.24, 2.45) is 0 Å². The van der Waals surface area contributed by atoms with Gasteiger partial charge in [-0.15, -0.1) is 11.6 Å². The summed E-state index contributed by atoms with van der Waals surface area (Å²) in [6.07, 6.45) is 4.07. The Kier molecular flexibility index (Phi) is 7.06. The predicted octanol–water partition coefficient (Wildman–Crippen LogP) is 3.46. The van der Waals surface area contributed by atoms with Gasteiger partial charge in [-0.3, -0.25) is 0 Å².